The molecule has 2 aromatic rings. The lowest BCUT2D eigenvalue weighted by Gasteiger charge is -2.13. The van der Waals surface area contributed by atoms with Gasteiger partial charge in [-0.15, -0.1) is 0 Å². The molecule has 0 saturated heterocycles. The molecule has 2 rings (SSSR count). The molecule has 5 heteroatoms. The van der Waals surface area contributed by atoms with Gasteiger partial charge in [0.05, 0.1) is 6.20 Å². The summed E-state index contributed by atoms with van der Waals surface area (Å²) in [6.07, 6.45) is 7.42. The second-order valence-corrected chi connectivity index (χ2v) is 4.03. The van der Waals surface area contributed by atoms with Crippen LogP contribution in [-0.2, 0) is 13.5 Å². The Bertz CT molecular complexity index is 451. The molecular formula is C12H17N5. The zero-order chi connectivity index (χ0) is 12.1. The van der Waals surface area contributed by atoms with Crippen LogP contribution in [0.2, 0.25) is 0 Å². The number of nitrogens with two attached hydrogens (primary N) is 1. The van der Waals surface area contributed by atoms with Gasteiger partial charge in [-0.25, -0.2) is 0 Å². The van der Waals surface area contributed by atoms with Crippen LogP contribution < -0.4 is 11.3 Å². The third-order valence-corrected chi connectivity index (χ3v) is 2.74. The lowest BCUT2D eigenvalue weighted by molar-refractivity contribution is 0.513. The lowest BCUT2D eigenvalue weighted by Crippen LogP contribution is -2.28. The molecule has 0 saturated carbocycles. The van der Waals surface area contributed by atoms with Gasteiger partial charge in [0.15, 0.2) is 0 Å². The van der Waals surface area contributed by atoms with Crippen LogP contribution in [0.15, 0.2) is 36.8 Å². The summed E-state index contributed by atoms with van der Waals surface area (Å²) in [6, 6.07) is 6.06. The molecule has 0 radical (unpaired) electrons. The van der Waals surface area contributed by atoms with E-state index in [0.29, 0.717) is 0 Å². The van der Waals surface area contributed by atoms with E-state index in [2.05, 4.69) is 15.5 Å². The van der Waals surface area contributed by atoms with Crippen molar-refractivity contribution in [1.29, 1.82) is 0 Å². The molecular weight excluding hydrogens is 214 g/mol. The highest BCUT2D eigenvalue weighted by atomic mass is 15.3. The summed E-state index contributed by atoms with van der Waals surface area (Å²) >= 11 is 0. The quantitative estimate of drug-likeness (QED) is 0.594. The van der Waals surface area contributed by atoms with Gasteiger partial charge in [0.1, 0.15) is 0 Å². The number of aromatic nitrogens is 3. The van der Waals surface area contributed by atoms with Crippen LogP contribution in [-0.4, -0.2) is 14.8 Å². The summed E-state index contributed by atoms with van der Waals surface area (Å²) in [6.45, 7) is 0. The predicted molar refractivity (Wildman–Crippen MR) is 65.8 cm³/mol. The number of hydrogen-bond acceptors (Lipinski definition) is 4. The van der Waals surface area contributed by atoms with E-state index in [9.17, 15) is 0 Å². The summed E-state index contributed by atoms with van der Waals surface area (Å²) in [4.78, 5) is 4.29. The zero-order valence-electron chi connectivity index (χ0n) is 9.87. The Morgan fingerprint density at radius 3 is 2.94 bits per heavy atom. The van der Waals surface area contributed by atoms with Crippen LogP contribution >= 0.6 is 0 Å². The first-order valence-electron chi connectivity index (χ1n) is 5.64. The first-order chi connectivity index (χ1) is 8.29. The molecule has 17 heavy (non-hydrogen) atoms. The predicted octanol–water partition coefficient (Wildman–Crippen LogP) is 0.952. The normalized spacial score (nSPS) is 12.6. The van der Waals surface area contributed by atoms with Gasteiger partial charge in [0, 0.05) is 36.7 Å². The molecule has 2 heterocycles. The number of hydrogen-bond donors (Lipinski definition) is 2. The van der Waals surface area contributed by atoms with Crippen LogP contribution in [0.5, 0.6) is 0 Å². The Morgan fingerprint density at radius 1 is 1.47 bits per heavy atom. The Labute approximate surface area is 101 Å². The molecule has 90 valence electrons. The van der Waals surface area contributed by atoms with E-state index < -0.39 is 0 Å². The van der Waals surface area contributed by atoms with E-state index >= 15 is 0 Å². The fourth-order valence-electron chi connectivity index (χ4n) is 1.80. The first-order valence-corrected chi connectivity index (χ1v) is 5.64. The van der Waals surface area contributed by atoms with Crippen LogP contribution in [0.25, 0.3) is 0 Å². The van der Waals surface area contributed by atoms with Crippen LogP contribution in [0, 0.1) is 0 Å². The van der Waals surface area contributed by atoms with Crippen molar-refractivity contribution in [3.05, 3.63) is 48.0 Å². The second kappa shape index (κ2) is 5.56. The van der Waals surface area contributed by atoms with Gasteiger partial charge in [-0.3, -0.25) is 20.9 Å². The molecule has 3 N–H and O–H groups in total. The molecule has 0 spiro atoms. The third kappa shape index (κ3) is 3.12. The van der Waals surface area contributed by atoms with E-state index in [4.69, 9.17) is 5.84 Å². The Morgan fingerprint density at radius 2 is 2.35 bits per heavy atom. The van der Waals surface area contributed by atoms with E-state index in [1.165, 1.54) is 0 Å². The number of nitrogens with one attached hydrogen (secondary N) is 1. The maximum absolute atomic E-state index is 5.57. The van der Waals surface area contributed by atoms with Crippen molar-refractivity contribution in [1.82, 2.24) is 20.2 Å². The summed E-state index contributed by atoms with van der Waals surface area (Å²) in [5, 5.41) is 4.15. The molecule has 5 nitrogen and oxygen atoms in total. The van der Waals surface area contributed by atoms with Crippen molar-refractivity contribution in [2.75, 3.05) is 0 Å². The average molecular weight is 231 g/mol. The fraction of sp³-hybridized carbons (Fsp3) is 0.333. The summed E-state index contributed by atoms with van der Waals surface area (Å²) in [7, 11) is 1.90. The van der Waals surface area contributed by atoms with E-state index in [0.717, 1.165) is 24.1 Å². The van der Waals surface area contributed by atoms with Gasteiger partial charge < -0.3 is 0 Å². The number of pyridine rings is 1. The van der Waals surface area contributed by atoms with Crippen molar-refractivity contribution >= 4 is 0 Å². The molecule has 2 aromatic heterocycles. The van der Waals surface area contributed by atoms with Gasteiger partial charge >= 0.3 is 0 Å². The smallest absolute Gasteiger partial charge is 0.0538 e. The first kappa shape index (κ1) is 11.8. The number of hydrazine groups is 1. The van der Waals surface area contributed by atoms with Crippen molar-refractivity contribution < 1.29 is 0 Å². The summed E-state index contributed by atoms with van der Waals surface area (Å²) < 4.78 is 1.78. The van der Waals surface area contributed by atoms with E-state index in [1.54, 1.807) is 4.68 Å². The van der Waals surface area contributed by atoms with Gasteiger partial charge in [-0.05, 0) is 25.0 Å². The molecule has 0 bridgehead atoms. The molecule has 1 atom stereocenters. The Hall–Kier alpha value is -1.72. The average Bonchev–Trinajstić information content (AvgIpc) is 2.78. The minimum atomic E-state index is 0.116. The van der Waals surface area contributed by atoms with Gasteiger partial charge in [-0.1, -0.05) is 6.07 Å². The molecule has 0 fully saturated rings. The molecule has 0 aromatic carbocycles. The largest absolute Gasteiger partial charge is 0.275 e. The van der Waals surface area contributed by atoms with Crippen LogP contribution in [0.3, 0.4) is 0 Å². The molecule has 0 aliphatic heterocycles. The second-order valence-electron chi connectivity index (χ2n) is 4.03. The maximum Gasteiger partial charge on any atom is 0.0538 e. The van der Waals surface area contributed by atoms with Crippen molar-refractivity contribution in [3.8, 4) is 0 Å². The highest BCUT2D eigenvalue weighted by molar-refractivity contribution is 5.11. The van der Waals surface area contributed by atoms with Crippen molar-refractivity contribution in [2.45, 2.75) is 18.9 Å². The Balaban J connectivity index is 1.97. The van der Waals surface area contributed by atoms with E-state index in [-0.39, 0.29) is 6.04 Å². The van der Waals surface area contributed by atoms with Crippen molar-refractivity contribution in [3.63, 3.8) is 0 Å². The monoisotopic (exact) mass is 231 g/mol. The third-order valence-electron chi connectivity index (χ3n) is 2.74. The standard InChI is InChI=1S/C12H17N5/c1-17-9-10(8-15-17)12(16-13)6-5-11-4-2-3-7-14-11/h2-4,7-9,12,16H,5-6,13H2,1H3. The summed E-state index contributed by atoms with van der Waals surface area (Å²) in [5.74, 6) is 5.57. The Kier molecular flexibility index (Phi) is 3.85. The van der Waals surface area contributed by atoms with Crippen molar-refractivity contribution in [2.24, 2.45) is 12.9 Å². The van der Waals surface area contributed by atoms with Gasteiger partial charge in [-0.2, -0.15) is 5.10 Å². The van der Waals surface area contributed by atoms with Gasteiger partial charge in [0.2, 0.25) is 0 Å². The SMILES string of the molecule is Cn1cc(C(CCc2ccccn2)NN)cn1. The number of aryl methyl sites for hydroxylation is 2. The molecule has 0 aliphatic carbocycles. The minimum absolute atomic E-state index is 0.116. The summed E-state index contributed by atoms with van der Waals surface area (Å²) in [5.41, 5.74) is 5.00. The molecule has 1 unspecified atom stereocenters. The molecule has 0 aliphatic rings. The lowest BCUT2D eigenvalue weighted by atomic mass is 10.0. The van der Waals surface area contributed by atoms with E-state index in [1.807, 2.05) is 43.8 Å². The molecule has 0 amide bonds. The number of nitrogens with zero attached hydrogens (tertiary/aromatic N) is 3. The van der Waals surface area contributed by atoms with Gasteiger partial charge in [0.25, 0.3) is 0 Å². The van der Waals surface area contributed by atoms with Crippen LogP contribution in [0.4, 0.5) is 0 Å². The van der Waals surface area contributed by atoms with Crippen LogP contribution in [0.1, 0.15) is 23.7 Å². The minimum Gasteiger partial charge on any atom is -0.275 e. The fourth-order valence-corrected chi connectivity index (χ4v) is 1.80. The number of rotatable bonds is 5. The maximum atomic E-state index is 5.57. The topological polar surface area (TPSA) is 68.8 Å². The zero-order valence-corrected chi connectivity index (χ0v) is 9.87. The highest BCUT2D eigenvalue weighted by Crippen LogP contribution is 2.16. The highest BCUT2D eigenvalue weighted by Gasteiger charge is 2.11.